The lowest BCUT2D eigenvalue weighted by Crippen LogP contribution is -2.18. The van der Waals surface area contributed by atoms with Crippen LogP contribution in [0.4, 0.5) is 21.5 Å². The molecule has 2 N–H and O–H groups in total. The molecule has 0 spiro atoms. The van der Waals surface area contributed by atoms with Crippen molar-refractivity contribution in [3.8, 4) is 0 Å². The summed E-state index contributed by atoms with van der Waals surface area (Å²) >= 11 is 30.9. The number of carbonyl (C=O) groups excluding carboxylic acids is 2. The van der Waals surface area contributed by atoms with Gasteiger partial charge in [-0.15, -0.1) is 23.2 Å². The molecule has 1 fully saturated rings. The summed E-state index contributed by atoms with van der Waals surface area (Å²) in [5.41, 5.74) is -0.119. The third-order valence-corrected chi connectivity index (χ3v) is 7.53. The van der Waals surface area contributed by atoms with Gasteiger partial charge in [0.05, 0.1) is 37.5 Å². The number of nitro groups is 1. The maximum atomic E-state index is 13.4. The van der Waals surface area contributed by atoms with Gasteiger partial charge in [-0.3, -0.25) is 19.7 Å². The molecule has 0 bridgehead atoms. The second-order valence-electron chi connectivity index (χ2n) is 7.86. The third kappa shape index (κ3) is 5.23. The van der Waals surface area contributed by atoms with Crippen molar-refractivity contribution in [3.05, 3.63) is 96.7 Å². The number of hydrogen-bond acceptors (Lipinski definition) is 4. The first-order valence-electron chi connectivity index (χ1n) is 10.1. The minimum atomic E-state index is -1.39. The lowest BCUT2D eigenvalue weighted by atomic mass is 10.1. The predicted octanol–water partition coefficient (Wildman–Crippen LogP) is 7.47. The Balaban J connectivity index is 1.53. The molecule has 13 heteroatoms. The van der Waals surface area contributed by atoms with Crippen LogP contribution in [0.2, 0.25) is 15.1 Å². The van der Waals surface area contributed by atoms with Crippen LogP contribution in [-0.4, -0.2) is 21.1 Å². The van der Waals surface area contributed by atoms with Crippen molar-refractivity contribution in [2.45, 2.75) is 10.3 Å². The molecular weight excluding hydrogens is 579 g/mol. The van der Waals surface area contributed by atoms with Gasteiger partial charge in [0, 0.05) is 11.6 Å². The maximum Gasteiger partial charge on any atom is 0.295 e. The van der Waals surface area contributed by atoms with E-state index in [1.54, 1.807) is 18.2 Å². The lowest BCUT2D eigenvalue weighted by molar-refractivity contribution is -0.384. The normalized spacial score (nSPS) is 17.8. The Morgan fingerprint density at radius 1 is 0.917 bits per heavy atom. The monoisotopic (exact) mass is 589 g/mol. The summed E-state index contributed by atoms with van der Waals surface area (Å²) in [6.45, 7) is 0. The minimum absolute atomic E-state index is 0.0133. The number of halogens is 6. The highest BCUT2D eigenvalue weighted by atomic mass is 35.5. The molecule has 0 saturated heterocycles. The van der Waals surface area contributed by atoms with Gasteiger partial charge in [0.15, 0.2) is 0 Å². The summed E-state index contributed by atoms with van der Waals surface area (Å²) in [6, 6.07) is 11.6. The van der Waals surface area contributed by atoms with E-state index in [0.29, 0.717) is 21.7 Å². The van der Waals surface area contributed by atoms with Gasteiger partial charge in [-0.05, 0) is 48.0 Å². The van der Waals surface area contributed by atoms with Gasteiger partial charge in [0.25, 0.3) is 11.6 Å². The second kappa shape index (κ2) is 10.0. The topological polar surface area (TPSA) is 101 Å². The molecular formula is C23H13Cl5FN3O4. The lowest BCUT2D eigenvalue weighted by Gasteiger charge is -2.11. The fourth-order valence-electron chi connectivity index (χ4n) is 3.72. The van der Waals surface area contributed by atoms with E-state index in [1.165, 1.54) is 18.2 Å². The molecule has 4 rings (SSSR count). The quantitative estimate of drug-likeness (QED) is 0.176. The first-order valence-corrected chi connectivity index (χ1v) is 12.0. The number of alkyl halides is 2. The number of nitrogens with zero attached hydrogens (tertiary/aromatic N) is 1. The smallest absolute Gasteiger partial charge is 0.295 e. The van der Waals surface area contributed by atoms with Gasteiger partial charge in [-0.1, -0.05) is 40.9 Å². The van der Waals surface area contributed by atoms with E-state index >= 15 is 0 Å². The Labute approximate surface area is 228 Å². The zero-order valence-electron chi connectivity index (χ0n) is 17.7. The van der Waals surface area contributed by atoms with Crippen LogP contribution < -0.4 is 10.6 Å². The van der Waals surface area contributed by atoms with Gasteiger partial charge in [0.2, 0.25) is 5.91 Å². The van der Waals surface area contributed by atoms with Crippen molar-refractivity contribution in [2.24, 2.45) is 5.92 Å². The fraction of sp³-hybridized carbons (Fsp3) is 0.130. The molecule has 1 unspecified atom stereocenters. The van der Waals surface area contributed by atoms with Crippen molar-refractivity contribution in [1.82, 2.24) is 0 Å². The zero-order valence-corrected chi connectivity index (χ0v) is 21.5. The van der Waals surface area contributed by atoms with Crippen LogP contribution in [-0.2, 0) is 4.79 Å². The first-order chi connectivity index (χ1) is 16.9. The van der Waals surface area contributed by atoms with Crippen molar-refractivity contribution < 1.29 is 18.9 Å². The molecule has 1 saturated carbocycles. The van der Waals surface area contributed by atoms with Crippen molar-refractivity contribution >= 4 is 86.9 Å². The van der Waals surface area contributed by atoms with Gasteiger partial charge in [-0.2, -0.15) is 0 Å². The van der Waals surface area contributed by atoms with Crippen LogP contribution in [0.5, 0.6) is 0 Å². The third-order valence-electron chi connectivity index (χ3n) is 5.52. The van der Waals surface area contributed by atoms with E-state index < -0.39 is 44.4 Å². The number of rotatable bonds is 6. The molecule has 2 amide bonds. The summed E-state index contributed by atoms with van der Waals surface area (Å²) in [4.78, 5) is 36.1. The Morgan fingerprint density at radius 2 is 1.61 bits per heavy atom. The molecule has 3 aromatic carbocycles. The standard InChI is InChI=1S/C23H13Cl5FN3O4/c24-14-5-3-12(9-13(14)21(33)31-17-6-2-11(29)8-18(17)32(35)36)30-22(34)20-19(23(20,27)28)10-1-4-15(25)16(26)7-10/h1-9,19-20H,(H,30,34)(H,31,33)/t19-,20?/m0/s1. The largest absolute Gasteiger partial charge is 0.326 e. The van der Waals surface area contributed by atoms with E-state index in [-0.39, 0.29) is 22.0 Å². The summed E-state index contributed by atoms with van der Waals surface area (Å²) in [6.07, 6.45) is 0. The molecule has 36 heavy (non-hydrogen) atoms. The highest BCUT2D eigenvalue weighted by molar-refractivity contribution is 6.53. The van der Waals surface area contributed by atoms with Crippen molar-refractivity contribution in [1.29, 1.82) is 0 Å². The van der Waals surface area contributed by atoms with Crippen LogP contribution >= 0.6 is 58.0 Å². The summed E-state index contributed by atoms with van der Waals surface area (Å²) in [7, 11) is 0. The van der Waals surface area contributed by atoms with Crippen molar-refractivity contribution in [3.63, 3.8) is 0 Å². The molecule has 1 aliphatic carbocycles. The van der Waals surface area contributed by atoms with Crippen LogP contribution in [0.25, 0.3) is 0 Å². The highest BCUT2D eigenvalue weighted by Crippen LogP contribution is 2.65. The predicted molar refractivity (Wildman–Crippen MR) is 138 cm³/mol. The molecule has 7 nitrogen and oxygen atoms in total. The fourth-order valence-corrected chi connectivity index (χ4v) is 5.06. The maximum absolute atomic E-state index is 13.4. The molecule has 0 aromatic heterocycles. The second-order valence-corrected chi connectivity index (χ2v) is 10.5. The van der Waals surface area contributed by atoms with Crippen LogP contribution in [0.1, 0.15) is 21.8 Å². The molecule has 0 aliphatic heterocycles. The van der Waals surface area contributed by atoms with Gasteiger partial charge >= 0.3 is 0 Å². The highest BCUT2D eigenvalue weighted by Gasteiger charge is 2.67. The zero-order chi connectivity index (χ0) is 26.4. The Hall–Kier alpha value is -2.62. The molecule has 0 radical (unpaired) electrons. The SMILES string of the molecule is O=C(Nc1ccc(F)cc1[N+](=O)[O-])c1cc(NC(=O)C2[C@H](c3ccc(Cl)c(Cl)c3)C2(Cl)Cl)ccc1Cl. The number of benzene rings is 3. The summed E-state index contributed by atoms with van der Waals surface area (Å²) in [5.74, 6) is -3.54. The van der Waals surface area contributed by atoms with Gasteiger partial charge < -0.3 is 10.6 Å². The Bertz CT molecular complexity index is 1420. The number of amides is 2. The van der Waals surface area contributed by atoms with Crippen molar-refractivity contribution in [2.75, 3.05) is 10.6 Å². The van der Waals surface area contributed by atoms with Crippen LogP contribution in [0.3, 0.4) is 0 Å². The molecule has 0 heterocycles. The van der Waals surface area contributed by atoms with E-state index in [9.17, 15) is 24.1 Å². The van der Waals surface area contributed by atoms with Crippen LogP contribution in [0, 0.1) is 21.8 Å². The Morgan fingerprint density at radius 3 is 2.28 bits per heavy atom. The number of anilines is 2. The molecule has 186 valence electrons. The van der Waals surface area contributed by atoms with E-state index in [4.69, 9.17) is 58.0 Å². The van der Waals surface area contributed by atoms with Crippen LogP contribution in [0.15, 0.2) is 54.6 Å². The molecule has 3 aromatic rings. The average molecular weight is 592 g/mol. The molecule has 2 atom stereocenters. The summed E-state index contributed by atoms with van der Waals surface area (Å²) < 4.78 is 12.0. The number of hydrogen-bond donors (Lipinski definition) is 2. The number of carbonyl (C=O) groups is 2. The minimum Gasteiger partial charge on any atom is -0.326 e. The summed E-state index contributed by atoms with van der Waals surface area (Å²) in [5, 5.41) is 16.8. The molecule has 1 aliphatic rings. The van der Waals surface area contributed by atoms with E-state index in [2.05, 4.69) is 10.6 Å². The number of nitrogens with one attached hydrogen (secondary N) is 2. The van der Waals surface area contributed by atoms with Gasteiger partial charge in [-0.25, -0.2) is 4.39 Å². The van der Waals surface area contributed by atoms with Gasteiger partial charge in [0.1, 0.15) is 15.8 Å². The Kier molecular flexibility index (Phi) is 7.37. The number of nitro benzene ring substituents is 1. The van der Waals surface area contributed by atoms with E-state index in [1.807, 2.05) is 0 Å². The first kappa shape index (κ1) is 26.4. The average Bonchev–Trinajstić information content (AvgIpc) is 3.39. The van der Waals surface area contributed by atoms with E-state index in [0.717, 1.165) is 12.1 Å².